The Morgan fingerprint density at radius 1 is 1.48 bits per heavy atom. The topological polar surface area (TPSA) is 50.4 Å². The quantitative estimate of drug-likeness (QED) is 0.653. The van der Waals surface area contributed by atoms with Crippen LogP contribution in [0, 0.1) is 0 Å². The van der Waals surface area contributed by atoms with Crippen molar-refractivity contribution in [3.8, 4) is 0 Å². The number of anilines is 1. The van der Waals surface area contributed by atoms with Gasteiger partial charge < -0.3 is 15.4 Å². The van der Waals surface area contributed by atoms with Crippen molar-refractivity contribution in [2.75, 3.05) is 18.5 Å². The molecular weight excluding hydrogens is 304 g/mol. The molecule has 0 saturated carbocycles. The molecule has 0 radical (unpaired) electrons. The van der Waals surface area contributed by atoms with Gasteiger partial charge in [0.25, 0.3) is 0 Å². The molecule has 0 bridgehead atoms. The predicted octanol–water partition coefficient (Wildman–Crippen LogP) is 3.67. The molecule has 1 unspecified atom stereocenters. The first-order valence-electron chi connectivity index (χ1n) is 7.45. The molecule has 0 spiro atoms. The van der Waals surface area contributed by atoms with E-state index in [9.17, 15) is 4.79 Å². The number of thiophene rings is 1. The molecule has 0 fully saturated rings. The van der Waals surface area contributed by atoms with E-state index in [1.54, 1.807) is 11.3 Å². The third-order valence-electron chi connectivity index (χ3n) is 3.60. The number of ether oxygens (including phenoxy) is 1. The van der Waals surface area contributed by atoms with E-state index in [0.717, 1.165) is 30.0 Å². The van der Waals surface area contributed by atoms with Crippen LogP contribution in [0.1, 0.15) is 60.3 Å². The van der Waals surface area contributed by atoms with Gasteiger partial charge in [0.2, 0.25) is 0 Å². The smallest absolute Gasteiger partial charge is 0.341 e. The fraction of sp³-hybridized carbons (Fsp3) is 0.600. The van der Waals surface area contributed by atoms with Crippen molar-refractivity contribution in [2.45, 2.75) is 46.0 Å². The number of rotatable bonds is 4. The Morgan fingerprint density at radius 3 is 2.90 bits per heavy atom. The molecule has 1 aromatic rings. The highest BCUT2D eigenvalue weighted by atomic mass is 32.1. The van der Waals surface area contributed by atoms with Gasteiger partial charge in [-0.25, -0.2) is 4.79 Å². The largest absolute Gasteiger partial charge is 0.462 e. The van der Waals surface area contributed by atoms with Crippen LogP contribution in [0.15, 0.2) is 0 Å². The second kappa shape index (κ2) is 7.22. The van der Waals surface area contributed by atoms with Crippen molar-refractivity contribution in [2.24, 2.45) is 0 Å². The molecule has 1 aromatic heterocycles. The van der Waals surface area contributed by atoms with Gasteiger partial charge >= 0.3 is 5.97 Å². The molecule has 0 aliphatic heterocycles. The van der Waals surface area contributed by atoms with Gasteiger partial charge in [-0.15, -0.1) is 11.3 Å². The van der Waals surface area contributed by atoms with Crippen LogP contribution in [0.25, 0.3) is 0 Å². The average molecular weight is 326 g/mol. The number of hydrogen-bond acceptors (Lipinski definition) is 4. The summed E-state index contributed by atoms with van der Waals surface area (Å²) < 4.78 is 5.25. The molecule has 1 atom stereocenters. The maximum absolute atomic E-state index is 12.4. The van der Waals surface area contributed by atoms with E-state index >= 15 is 0 Å². The fourth-order valence-electron chi connectivity index (χ4n) is 2.71. The SMILES string of the molecule is CCNC(=S)Nc1sc2c(c1C(=O)OCC)C(C)CCC2. The second-order valence-electron chi connectivity index (χ2n) is 5.14. The second-order valence-corrected chi connectivity index (χ2v) is 6.65. The fourth-order valence-corrected chi connectivity index (χ4v) is 4.38. The molecule has 116 valence electrons. The summed E-state index contributed by atoms with van der Waals surface area (Å²) in [5, 5.41) is 7.59. The molecule has 0 saturated heterocycles. The number of nitrogens with one attached hydrogen (secondary N) is 2. The van der Waals surface area contributed by atoms with Crippen molar-refractivity contribution in [3.63, 3.8) is 0 Å². The summed E-state index contributed by atoms with van der Waals surface area (Å²) in [7, 11) is 0. The third-order valence-corrected chi connectivity index (χ3v) is 5.03. The monoisotopic (exact) mass is 326 g/mol. The van der Waals surface area contributed by atoms with Gasteiger partial charge in [-0.1, -0.05) is 6.92 Å². The molecule has 21 heavy (non-hydrogen) atoms. The molecule has 4 nitrogen and oxygen atoms in total. The van der Waals surface area contributed by atoms with E-state index in [2.05, 4.69) is 17.6 Å². The zero-order chi connectivity index (χ0) is 15.4. The minimum atomic E-state index is -0.245. The number of thiocarbonyl (C=S) groups is 1. The van der Waals surface area contributed by atoms with Crippen LogP contribution >= 0.6 is 23.6 Å². The van der Waals surface area contributed by atoms with Crippen molar-refractivity contribution < 1.29 is 9.53 Å². The molecule has 1 aliphatic rings. The highest BCUT2D eigenvalue weighted by Gasteiger charge is 2.30. The van der Waals surface area contributed by atoms with Crippen LogP contribution in [-0.2, 0) is 11.2 Å². The van der Waals surface area contributed by atoms with E-state index in [-0.39, 0.29) is 5.97 Å². The van der Waals surface area contributed by atoms with Gasteiger partial charge in [-0.05, 0) is 56.8 Å². The lowest BCUT2D eigenvalue weighted by atomic mass is 9.86. The summed E-state index contributed by atoms with van der Waals surface area (Å²) in [6, 6.07) is 0. The number of carbonyl (C=O) groups excluding carboxylic acids is 1. The Labute approximate surface area is 135 Å². The Bertz CT molecular complexity index is 540. The maximum Gasteiger partial charge on any atom is 0.341 e. The molecule has 2 N–H and O–H groups in total. The first kappa shape index (κ1) is 16.2. The highest BCUT2D eigenvalue weighted by Crippen LogP contribution is 2.43. The van der Waals surface area contributed by atoms with Gasteiger partial charge in [0.05, 0.1) is 12.2 Å². The molecule has 0 aromatic carbocycles. The van der Waals surface area contributed by atoms with Crippen LogP contribution in [0.5, 0.6) is 0 Å². The lowest BCUT2D eigenvalue weighted by Gasteiger charge is -2.19. The summed E-state index contributed by atoms with van der Waals surface area (Å²) in [5.74, 6) is 0.151. The van der Waals surface area contributed by atoms with Crippen LogP contribution < -0.4 is 10.6 Å². The van der Waals surface area contributed by atoms with Crippen molar-refractivity contribution >= 4 is 39.6 Å². The van der Waals surface area contributed by atoms with Gasteiger partial charge in [-0.3, -0.25) is 0 Å². The van der Waals surface area contributed by atoms with E-state index in [1.165, 1.54) is 11.3 Å². The number of hydrogen-bond donors (Lipinski definition) is 2. The zero-order valence-corrected chi connectivity index (χ0v) is 14.4. The Balaban J connectivity index is 2.39. The van der Waals surface area contributed by atoms with Gasteiger partial charge in [0, 0.05) is 11.4 Å². The summed E-state index contributed by atoms with van der Waals surface area (Å²) in [4.78, 5) is 13.7. The summed E-state index contributed by atoms with van der Waals surface area (Å²) in [6.45, 7) is 7.13. The van der Waals surface area contributed by atoms with E-state index in [0.29, 0.717) is 23.2 Å². The van der Waals surface area contributed by atoms with Crippen molar-refractivity contribution in [1.82, 2.24) is 5.32 Å². The summed E-state index contributed by atoms with van der Waals surface area (Å²) in [5.41, 5.74) is 1.84. The summed E-state index contributed by atoms with van der Waals surface area (Å²) in [6.07, 6.45) is 3.33. The van der Waals surface area contributed by atoms with Crippen molar-refractivity contribution in [1.29, 1.82) is 0 Å². The molecule has 1 aliphatic carbocycles. The lowest BCUT2D eigenvalue weighted by Crippen LogP contribution is -2.28. The van der Waals surface area contributed by atoms with E-state index in [4.69, 9.17) is 17.0 Å². The number of carbonyl (C=O) groups is 1. The van der Waals surface area contributed by atoms with E-state index < -0.39 is 0 Å². The molecular formula is C15H22N2O2S2. The van der Waals surface area contributed by atoms with Crippen LogP contribution in [0.3, 0.4) is 0 Å². The lowest BCUT2D eigenvalue weighted by molar-refractivity contribution is 0.0526. The normalized spacial score (nSPS) is 17.0. The molecule has 1 heterocycles. The van der Waals surface area contributed by atoms with Crippen molar-refractivity contribution in [3.05, 3.63) is 16.0 Å². The minimum Gasteiger partial charge on any atom is -0.462 e. The minimum absolute atomic E-state index is 0.245. The molecule has 6 heteroatoms. The number of fused-ring (bicyclic) bond motifs is 1. The number of aryl methyl sites for hydroxylation is 1. The zero-order valence-electron chi connectivity index (χ0n) is 12.7. The van der Waals surface area contributed by atoms with E-state index in [1.807, 2.05) is 13.8 Å². The Kier molecular flexibility index (Phi) is 5.58. The average Bonchev–Trinajstić information content (AvgIpc) is 2.78. The Morgan fingerprint density at radius 2 is 2.24 bits per heavy atom. The maximum atomic E-state index is 12.4. The predicted molar refractivity (Wildman–Crippen MR) is 91.5 cm³/mol. The molecule has 2 rings (SSSR count). The van der Waals surface area contributed by atoms with Crippen LogP contribution in [-0.4, -0.2) is 24.2 Å². The number of esters is 1. The first-order chi connectivity index (χ1) is 10.1. The van der Waals surface area contributed by atoms with Gasteiger partial charge in [-0.2, -0.15) is 0 Å². The van der Waals surface area contributed by atoms with Crippen LogP contribution in [0.4, 0.5) is 5.00 Å². The Hall–Kier alpha value is -1.14. The van der Waals surface area contributed by atoms with Gasteiger partial charge in [0.15, 0.2) is 5.11 Å². The summed E-state index contributed by atoms with van der Waals surface area (Å²) >= 11 is 6.88. The van der Waals surface area contributed by atoms with Gasteiger partial charge in [0.1, 0.15) is 5.00 Å². The highest BCUT2D eigenvalue weighted by molar-refractivity contribution is 7.80. The molecule has 0 amide bonds. The third kappa shape index (κ3) is 3.55. The van der Waals surface area contributed by atoms with Crippen LogP contribution in [0.2, 0.25) is 0 Å². The first-order valence-corrected chi connectivity index (χ1v) is 8.68. The standard InChI is InChI=1S/C15H22N2O2S2/c1-4-16-15(20)17-13-12(14(18)19-5-2)11-9(3)7-6-8-10(11)21-13/h9H,4-8H2,1-3H3,(H2,16,17,20).